The van der Waals surface area contributed by atoms with E-state index in [9.17, 15) is 0 Å². The van der Waals surface area contributed by atoms with Crippen molar-refractivity contribution in [3.8, 4) is 0 Å². The third-order valence-electron chi connectivity index (χ3n) is 10.7. The van der Waals surface area contributed by atoms with Crippen molar-refractivity contribution in [1.29, 1.82) is 0 Å². The summed E-state index contributed by atoms with van der Waals surface area (Å²) in [5, 5.41) is 0. The summed E-state index contributed by atoms with van der Waals surface area (Å²) in [5.74, 6) is 0. The van der Waals surface area contributed by atoms with Crippen LogP contribution in [0.3, 0.4) is 0 Å². The van der Waals surface area contributed by atoms with E-state index in [1.807, 2.05) is 0 Å². The van der Waals surface area contributed by atoms with Crippen LogP contribution in [-0.4, -0.2) is 51.1 Å². The first-order valence-corrected chi connectivity index (χ1v) is 24.6. The molecule has 0 aromatic heterocycles. The third-order valence-corrected chi connectivity index (χ3v) is 13.1. The van der Waals surface area contributed by atoms with Crippen LogP contribution in [0.25, 0.3) is 0 Å². The third kappa shape index (κ3) is 42.5. The van der Waals surface area contributed by atoms with E-state index in [4.69, 9.17) is 4.52 Å². The molecule has 0 radical (unpaired) electrons. The van der Waals surface area contributed by atoms with Crippen LogP contribution in [0.15, 0.2) is 0 Å². The Balaban J connectivity index is 3.67. The van der Waals surface area contributed by atoms with Gasteiger partial charge >= 0.3 is 205 Å². The summed E-state index contributed by atoms with van der Waals surface area (Å²) in [5.41, 5.74) is 0. The summed E-state index contributed by atoms with van der Waals surface area (Å²) in [7, 11) is 6.27. The predicted octanol–water partition coefficient (Wildman–Crippen LogP) is 15.9. The second-order valence-corrected chi connectivity index (χ2v) is 19.3. The maximum atomic E-state index is 6.57. The summed E-state index contributed by atoms with van der Waals surface area (Å²) in [6, 6.07) is 0. The topological polar surface area (TPSA) is 9.23 Å². The van der Waals surface area contributed by atoms with Gasteiger partial charge < -0.3 is 0 Å². The van der Waals surface area contributed by atoms with E-state index >= 15 is 0 Å². The molecule has 48 heavy (non-hydrogen) atoms. The van der Waals surface area contributed by atoms with Crippen molar-refractivity contribution in [2.45, 2.75) is 245 Å². The van der Waals surface area contributed by atoms with E-state index in [2.05, 4.69) is 35.0 Å². The molecule has 0 amide bonds. The molecule has 0 aromatic rings. The van der Waals surface area contributed by atoms with Crippen LogP contribution in [-0.2, 0) is 4.52 Å². The molecule has 0 aliphatic rings. The van der Waals surface area contributed by atoms with Gasteiger partial charge in [-0.3, -0.25) is 0 Å². The Morgan fingerprint density at radius 3 is 0.729 bits per heavy atom. The van der Waals surface area contributed by atoms with Crippen LogP contribution in [0.4, 0.5) is 0 Å². The first kappa shape index (κ1) is 48.3. The predicted molar refractivity (Wildman–Crippen MR) is 224 cm³/mol. The van der Waals surface area contributed by atoms with Crippen molar-refractivity contribution in [2.75, 3.05) is 46.6 Å². The Morgan fingerprint density at radius 2 is 0.521 bits per heavy atom. The molecule has 0 heterocycles. The second kappa shape index (κ2) is 40.1. The number of nitrogens with zero attached hydrogens (tertiary/aromatic N) is 1. The molecule has 0 fully saturated rings. The fourth-order valence-corrected chi connectivity index (χ4v) is 9.39. The Morgan fingerprint density at radius 1 is 0.312 bits per heavy atom. The van der Waals surface area contributed by atoms with Gasteiger partial charge in [0.05, 0.1) is 0 Å². The van der Waals surface area contributed by atoms with E-state index < -0.39 is 8.15 Å². The summed E-state index contributed by atoms with van der Waals surface area (Å²) in [6.45, 7) is 6.74. The van der Waals surface area contributed by atoms with Crippen molar-refractivity contribution in [3.05, 3.63) is 0 Å². The summed E-state index contributed by atoms with van der Waals surface area (Å²) in [6.07, 6.45) is 55.3. The Bertz CT molecular complexity index is 536. The molecule has 3 heteroatoms. The van der Waals surface area contributed by atoms with Gasteiger partial charge in [-0.15, -0.1) is 0 Å². The monoisotopic (exact) mass is 698 g/mol. The van der Waals surface area contributed by atoms with E-state index in [1.165, 1.54) is 243 Å². The van der Waals surface area contributed by atoms with Gasteiger partial charge in [0.15, 0.2) is 0 Å². The molecule has 0 bridgehead atoms. The average Bonchev–Trinajstić information content (AvgIpc) is 3.06. The van der Waals surface area contributed by atoms with Crippen molar-refractivity contribution >= 4 is 8.15 Å². The fourth-order valence-electron chi connectivity index (χ4n) is 7.18. The van der Waals surface area contributed by atoms with Crippen LogP contribution in [0.2, 0.25) is 0 Å². The van der Waals surface area contributed by atoms with Gasteiger partial charge in [0.2, 0.25) is 0 Å². The van der Waals surface area contributed by atoms with Gasteiger partial charge in [-0.25, -0.2) is 0 Å². The first-order valence-electron chi connectivity index (χ1n) is 22.8. The van der Waals surface area contributed by atoms with E-state index in [0.717, 1.165) is 17.6 Å². The van der Waals surface area contributed by atoms with Gasteiger partial charge in [0.25, 0.3) is 0 Å². The van der Waals surface area contributed by atoms with Gasteiger partial charge in [0.1, 0.15) is 0 Å². The molecule has 0 saturated carbocycles. The molecule has 0 aliphatic carbocycles. The van der Waals surface area contributed by atoms with E-state index in [0.29, 0.717) is 0 Å². The van der Waals surface area contributed by atoms with Gasteiger partial charge in [-0.2, -0.15) is 0 Å². The normalized spacial score (nSPS) is 12.3. The number of hydrogen-bond acceptors (Lipinski definition) is 1. The molecule has 0 unspecified atom stereocenters. The number of rotatable bonds is 42. The van der Waals surface area contributed by atoms with Gasteiger partial charge in [-0.1, -0.05) is 104 Å². The molecule has 0 atom stereocenters. The molecule has 0 aromatic carbocycles. The van der Waals surface area contributed by atoms with Crippen molar-refractivity contribution in [1.82, 2.24) is 0 Å². The number of hydrogen-bond donors (Lipinski definition) is 0. The maximum absolute atomic E-state index is 6.57. The second-order valence-electron chi connectivity index (χ2n) is 16.9. The Hall–Kier alpha value is 0.350. The number of likely N-dealkylation sites (N-methyl/N-ethyl adjacent to an activating group) is 1. The Labute approximate surface area is 307 Å². The minimum absolute atomic E-state index is 0.619. The molecular weight excluding hydrogens is 601 g/mol. The van der Waals surface area contributed by atoms with Crippen LogP contribution in [0.5, 0.6) is 0 Å². The summed E-state index contributed by atoms with van der Waals surface area (Å²) >= 11 is 0. The van der Waals surface area contributed by atoms with Crippen LogP contribution in [0, 0.1) is 0 Å². The number of unbranched alkanes of at least 4 members (excludes halogenated alkanes) is 34. The van der Waals surface area contributed by atoms with Crippen molar-refractivity contribution in [3.63, 3.8) is 0 Å². The molecule has 0 N–H and O–H groups in total. The first-order chi connectivity index (χ1) is 23.5. The fraction of sp³-hybridized carbons (Fsp3) is 1.00. The minimum atomic E-state index is -0.619. The van der Waals surface area contributed by atoms with Crippen molar-refractivity contribution in [2.24, 2.45) is 0 Å². The molecule has 0 spiro atoms. The molecule has 2 nitrogen and oxygen atoms in total. The summed E-state index contributed by atoms with van der Waals surface area (Å²) < 4.78 is 7.59. The van der Waals surface area contributed by atoms with Gasteiger partial charge in [0, 0.05) is 0 Å². The zero-order chi connectivity index (χ0) is 35.1. The van der Waals surface area contributed by atoms with E-state index in [-0.39, 0.29) is 0 Å². The molecule has 0 saturated heterocycles. The average molecular weight is 698 g/mol. The molecule has 0 rings (SSSR count). The SMILES string of the molecule is CCCCCCCCCCCCCCCCCCCC[PH-](CCCCCCCCCCCCCCCCCCCC)OCC[N+](C)(C)C. The van der Waals surface area contributed by atoms with Crippen LogP contribution in [0.1, 0.15) is 245 Å². The zero-order valence-corrected chi connectivity index (χ0v) is 35.6. The zero-order valence-electron chi connectivity index (χ0n) is 34.6. The standard InChI is InChI=1S/C45H96NOP/c1-6-8-10-12-14-16-18-20-22-24-26-28-30-32-34-36-38-40-44-48(47-43-42-46(3,4)5)45-41-39-37-35-33-31-29-27-25-23-21-19-17-15-13-11-9-7-2/h48H,6-45H2,1-5H3. The van der Waals surface area contributed by atoms with E-state index in [1.54, 1.807) is 0 Å². The molecule has 0 aliphatic heterocycles. The number of quaternary nitrogens is 1. The molecule has 292 valence electrons. The summed E-state index contributed by atoms with van der Waals surface area (Å²) in [4.78, 5) is 0. The van der Waals surface area contributed by atoms with Crippen LogP contribution >= 0.6 is 8.15 Å². The van der Waals surface area contributed by atoms with Gasteiger partial charge in [-0.05, 0) is 0 Å². The Kier molecular flexibility index (Phi) is 40.4. The quantitative estimate of drug-likeness (QED) is 0.0350. The van der Waals surface area contributed by atoms with Crippen LogP contribution < -0.4 is 0 Å². The van der Waals surface area contributed by atoms with Crippen molar-refractivity contribution < 1.29 is 9.01 Å². The molecular formula is C45H96NOP.